The van der Waals surface area contributed by atoms with Gasteiger partial charge in [0, 0.05) is 12.6 Å². The number of fused-ring (bicyclic) bond motifs is 4. The molecule has 3 saturated heterocycles. The predicted molar refractivity (Wildman–Crippen MR) is 85.1 cm³/mol. The second-order valence-corrected chi connectivity index (χ2v) is 7.11. The molecule has 1 atom stereocenters. The minimum Gasteiger partial charge on any atom is -0.322 e. The molecule has 3 nitrogen and oxygen atoms in total. The summed E-state index contributed by atoms with van der Waals surface area (Å²) in [7, 11) is 0. The molecule has 6 heteroatoms. The average Bonchev–Trinajstić information content (AvgIpc) is 2.86. The highest BCUT2D eigenvalue weighted by Crippen LogP contribution is 2.39. The number of piperidine rings is 3. The Morgan fingerprint density at radius 1 is 1.33 bits per heavy atom. The van der Waals surface area contributed by atoms with E-state index in [-0.39, 0.29) is 5.82 Å². The van der Waals surface area contributed by atoms with Crippen molar-refractivity contribution in [3.8, 4) is 0 Å². The molecule has 3 aliphatic rings. The lowest BCUT2D eigenvalue weighted by Crippen LogP contribution is -2.48. The molecule has 0 radical (unpaired) electrons. The monoisotopic (exact) mass is 371 g/mol. The van der Waals surface area contributed by atoms with Gasteiger partial charge in [-0.1, -0.05) is 0 Å². The van der Waals surface area contributed by atoms with Gasteiger partial charge in [-0.2, -0.15) is 0 Å². The Kier molecular flexibility index (Phi) is 3.47. The third kappa shape index (κ3) is 2.21. The fourth-order valence-electron chi connectivity index (χ4n) is 3.83. The van der Waals surface area contributed by atoms with Gasteiger partial charge in [-0.15, -0.1) is 11.6 Å². The first-order chi connectivity index (χ1) is 10.2. The summed E-state index contributed by atoms with van der Waals surface area (Å²) in [4.78, 5) is 7.05. The maximum absolute atomic E-state index is 13.7. The molecule has 3 aliphatic heterocycles. The standard InChI is InChI=1S/C15H16BrClFN3/c16-10-5-13-12(6-11(10)18)19-15(7-17)21(13)14-8-20-3-1-9(14)2-4-20/h5-6,9,14H,1-4,7-8H2. The molecule has 0 spiro atoms. The van der Waals surface area contributed by atoms with E-state index >= 15 is 0 Å². The molecule has 3 fully saturated rings. The van der Waals surface area contributed by atoms with Crippen molar-refractivity contribution < 1.29 is 4.39 Å². The van der Waals surface area contributed by atoms with Crippen molar-refractivity contribution in [1.82, 2.24) is 14.5 Å². The molecule has 0 aliphatic carbocycles. The van der Waals surface area contributed by atoms with Gasteiger partial charge in [0.05, 0.1) is 27.4 Å². The molecule has 2 aromatic rings. The van der Waals surface area contributed by atoms with Gasteiger partial charge in [0.25, 0.3) is 0 Å². The van der Waals surface area contributed by atoms with E-state index in [9.17, 15) is 4.39 Å². The Bertz CT molecular complexity index is 694. The Balaban J connectivity index is 1.88. The number of hydrogen-bond donors (Lipinski definition) is 0. The van der Waals surface area contributed by atoms with Crippen LogP contribution in [0.3, 0.4) is 0 Å². The molecule has 0 amide bonds. The Morgan fingerprint density at radius 2 is 2.10 bits per heavy atom. The van der Waals surface area contributed by atoms with Crippen LogP contribution in [0.5, 0.6) is 0 Å². The van der Waals surface area contributed by atoms with E-state index < -0.39 is 0 Å². The van der Waals surface area contributed by atoms with Gasteiger partial charge in [0.1, 0.15) is 11.6 Å². The molecule has 5 rings (SSSR count). The van der Waals surface area contributed by atoms with Crippen LogP contribution in [0, 0.1) is 11.7 Å². The highest BCUT2D eigenvalue weighted by molar-refractivity contribution is 9.10. The fraction of sp³-hybridized carbons (Fsp3) is 0.533. The summed E-state index contributed by atoms with van der Waals surface area (Å²) in [6, 6.07) is 3.74. The molecular formula is C15H16BrClFN3. The Labute approximate surface area is 136 Å². The van der Waals surface area contributed by atoms with Crippen molar-refractivity contribution in [2.24, 2.45) is 5.92 Å². The topological polar surface area (TPSA) is 21.1 Å². The van der Waals surface area contributed by atoms with Gasteiger partial charge in [-0.05, 0) is 53.8 Å². The summed E-state index contributed by atoms with van der Waals surface area (Å²) in [6.45, 7) is 3.44. The summed E-state index contributed by atoms with van der Waals surface area (Å²) in [5, 5.41) is 0. The maximum Gasteiger partial charge on any atom is 0.139 e. The number of alkyl halides is 1. The molecule has 1 aromatic heterocycles. The van der Waals surface area contributed by atoms with Crippen LogP contribution in [0.25, 0.3) is 11.0 Å². The van der Waals surface area contributed by atoms with Crippen LogP contribution in [-0.4, -0.2) is 34.1 Å². The summed E-state index contributed by atoms with van der Waals surface area (Å²) in [6.07, 6.45) is 2.46. The molecule has 4 heterocycles. The summed E-state index contributed by atoms with van der Waals surface area (Å²) >= 11 is 9.39. The van der Waals surface area contributed by atoms with Gasteiger partial charge in [-0.3, -0.25) is 0 Å². The summed E-state index contributed by atoms with van der Waals surface area (Å²) in [5.74, 6) is 1.61. The van der Waals surface area contributed by atoms with E-state index in [4.69, 9.17) is 11.6 Å². The van der Waals surface area contributed by atoms with Crippen molar-refractivity contribution in [1.29, 1.82) is 0 Å². The zero-order valence-corrected chi connectivity index (χ0v) is 13.9. The van der Waals surface area contributed by atoms with E-state index in [1.165, 1.54) is 32.0 Å². The Morgan fingerprint density at radius 3 is 2.71 bits per heavy atom. The summed E-state index contributed by atoms with van der Waals surface area (Å²) in [5.41, 5.74) is 1.68. The quantitative estimate of drug-likeness (QED) is 0.745. The highest BCUT2D eigenvalue weighted by Gasteiger charge is 2.36. The first-order valence-electron chi connectivity index (χ1n) is 7.31. The van der Waals surface area contributed by atoms with E-state index in [0.717, 1.165) is 17.9 Å². The van der Waals surface area contributed by atoms with Crippen molar-refractivity contribution in [3.63, 3.8) is 0 Å². The largest absolute Gasteiger partial charge is 0.322 e. The molecule has 21 heavy (non-hydrogen) atoms. The van der Waals surface area contributed by atoms with Crippen molar-refractivity contribution >= 4 is 38.6 Å². The lowest BCUT2D eigenvalue weighted by Gasteiger charge is -2.45. The predicted octanol–water partition coefficient (Wildman–Crippen LogP) is 3.94. The minimum absolute atomic E-state index is 0.276. The van der Waals surface area contributed by atoms with Crippen LogP contribution in [-0.2, 0) is 5.88 Å². The van der Waals surface area contributed by atoms with E-state index in [0.29, 0.717) is 27.8 Å². The molecule has 1 unspecified atom stereocenters. The first kappa shape index (κ1) is 14.0. The molecule has 1 aromatic carbocycles. The highest BCUT2D eigenvalue weighted by atomic mass is 79.9. The normalized spacial score (nSPS) is 28.4. The van der Waals surface area contributed by atoms with Crippen molar-refractivity contribution in [3.05, 3.63) is 28.2 Å². The van der Waals surface area contributed by atoms with Gasteiger partial charge in [-0.25, -0.2) is 9.37 Å². The number of rotatable bonds is 2. The van der Waals surface area contributed by atoms with Crippen molar-refractivity contribution in [2.45, 2.75) is 24.8 Å². The van der Waals surface area contributed by atoms with Gasteiger partial charge < -0.3 is 9.47 Å². The lowest BCUT2D eigenvalue weighted by atomic mass is 9.83. The zero-order chi connectivity index (χ0) is 14.6. The van der Waals surface area contributed by atoms with Crippen LogP contribution >= 0.6 is 27.5 Å². The molecule has 112 valence electrons. The minimum atomic E-state index is -0.276. The second-order valence-electron chi connectivity index (χ2n) is 5.99. The third-order valence-electron chi connectivity index (χ3n) is 4.88. The smallest absolute Gasteiger partial charge is 0.139 e. The van der Waals surface area contributed by atoms with Crippen LogP contribution in [0.2, 0.25) is 0 Å². The van der Waals surface area contributed by atoms with E-state index in [1.807, 2.05) is 6.07 Å². The zero-order valence-electron chi connectivity index (χ0n) is 11.5. The lowest BCUT2D eigenvalue weighted by molar-refractivity contribution is 0.0578. The number of benzene rings is 1. The fourth-order valence-corrected chi connectivity index (χ4v) is 4.35. The number of hydrogen-bond acceptors (Lipinski definition) is 2. The second kappa shape index (κ2) is 5.21. The van der Waals surface area contributed by atoms with Crippen LogP contribution in [0.15, 0.2) is 16.6 Å². The molecule has 0 N–H and O–H groups in total. The number of aromatic nitrogens is 2. The van der Waals surface area contributed by atoms with Gasteiger partial charge in [0.15, 0.2) is 0 Å². The average molecular weight is 373 g/mol. The maximum atomic E-state index is 13.7. The van der Waals surface area contributed by atoms with Crippen LogP contribution in [0.4, 0.5) is 4.39 Å². The van der Waals surface area contributed by atoms with E-state index in [2.05, 4.69) is 30.4 Å². The third-order valence-corrected chi connectivity index (χ3v) is 5.72. The molecule has 0 saturated carbocycles. The van der Waals surface area contributed by atoms with Gasteiger partial charge in [0.2, 0.25) is 0 Å². The number of nitrogens with zero attached hydrogens (tertiary/aromatic N) is 3. The number of imidazole rings is 1. The van der Waals surface area contributed by atoms with Crippen LogP contribution in [0.1, 0.15) is 24.7 Å². The first-order valence-corrected chi connectivity index (χ1v) is 8.64. The summed E-state index contributed by atoms with van der Waals surface area (Å²) < 4.78 is 16.5. The van der Waals surface area contributed by atoms with Crippen molar-refractivity contribution in [2.75, 3.05) is 19.6 Å². The van der Waals surface area contributed by atoms with Crippen LogP contribution < -0.4 is 0 Å². The van der Waals surface area contributed by atoms with E-state index in [1.54, 1.807) is 0 Å². The van der Waals surface area contributed by atoms with Gasteiger partial charge >= 0.3 is 0 Å². The number of halogens is 3. The Hall–Kier alpha value is -0.650. The molecule has 2 bridgehead atoms. The molecular weight excluding hydrogens is 357 g/mol. The SMILES string of the molecule is Fc1cc2nc(CCl)n(C3CN4CCC3CC4)c2cc1Br.